The topological polar surface area (TPSA) is 38.1 Å². The Labute approximate surface area is 112 Å². The van der Waals surface area contributed by atoms with Gasteiger partial charge in [-0.1, -0.05) is 11.6 Å². The molecular formula is C12H10ClF3N2O. The molecule has 19 heavy (non-hydrogen) atoms. The van der Waals surface area contributed by atoms with Gasteiger partial charge in [-0.2, -0.15) is 18.3 Å². The molecule has 0 aliphatic rings. The molecule has 0 fully saturated rings. The summed E-state index contributed by atoms with van der Waals surface area (Å²) in [5.74, 6) is 0. The molecule has 0 saturated carbocycles. The van der Waals surface area contributed by atoms with Crippen molar-refractivity contribution in [2.45, 2.75) is 19.7 Å². The van der Waals surface area contributed by atoms with Crippen LogP contribution in [0, 0.1) is 6.92 Å². The van der Waals surface area contributed by atoms with E-state index < -0.39 is 11.7 Å². The summed E-state index contributed by atoms with van der Waals surface area (Å²) in [5.41, 5.74) is 0.475. The molecule has 102 valence electrons. The van der Waals surface area contributed by atoms with Crippen LogP contribution in [0.2, 0.25) is 5.02 Å². The van der Waals surface area contributed by atoms with Gasteiger partial charge in [-0.25, -0.2) is 4.68 Å². The third-order valence-corrected chi connectivity index (χ3v) is 3.11. The average Bonchev–Trinajstić information content (AvgIpc) is 2.70. The third kappa shape index (κ3) is 2.59. The van der Waals surface area contributed by atoms with Crippen molar-refractivity contribution in [1.82, 2.24) is 9.78 Å². The molecule has 3 nitrogen and oxygen atoms in total. The highest BCUT2D eigenvalue weighted by Crippen LogP contribution is 2.35. The van der Waals surface area contributed by atoms with Crippen molar-refractivity contribution in [3.8, 4) is 5.69 Å². The quantitative estimate of drug-likeness (QED) is 0.921. The molecule has 1 aromatic heterocycles. The van der Waals surface area contributed by atoms with E-state index in [2.05, 4.69) is 5.10 Å². The highest BCUT2D eigenvalue weighted by molar-refractivity contribution is 6.31. The maximum Gasteiger partial charge on any atom is 0.417 e. The van der Waals surface area contributed by atoms with Crippen molar-refractivity contribution in [3.05, 3.63) is 46.2 Å². The van der Waals surface area contributed by atoms with Crippen LogP contribution in [-0.2, 0) is 12.8 Å². The number of nitrogens with zero attached hydrogens (tertiary/aromatic N) is 2. The van der Waals surface area contributed by atoms with Crippen LogP contribution in [0.5, 0.6) is 0 Å². The summed E-state index contributed by atoms with van der Waals surface area (Å²) in [5, 5.41) is 12.7. The van der Waals surface area contributed by atoms with E-state index in [0.29, 0.717) is 11.3 Å². The van der Waals surface area contributed by atoms with Crippen LogP contribution in [-0.4, -0.2) is 14.9 Å². The van der Waals surface area contributed by atoms with Crippen molar-refractivity contribution in [2.24, 2.45) is 0 Å². The smallest absolute Gasteiger partial charge is 0.392 e. The number of hydrogen-bond acceptors (Lipinski definition) is 2. The zero-order chi connectivity index (χ0) is 14.2. The van der Waals surface area contributed by atoms with E-state index in [9.17, 15) is 13.2 Å². The molecular weight excluding hydrogens is 281 g/mol. The van der Waals surface area contributed by atoms with Gasteiger partial charge in [0.25, 0.3) is 0 Å². The first-order chi connectivity index (χ1) is 8.84. The fourth-order valence-corrected chi connectivity index (χ4v) is 1.95. The maximum atomic E-state index is 12.8. The van der Waals surface area contributed by atoms with E-state index in [1.54, 1.807) is 6.92 Å². The van der Waals surface area contributed by atoms with Crippen LogP contribution in [0.15, 0.2) is 24.4 Å². The summed E-state index contributed by atoms with van der Waals surface area (Å²) in [4.78, 5) is 0. The van der Waals surface area contributed by atoms with Crippen LogP contribution in [0.25, 0.3) is 5.69 Å². The SMILES string of the molecule is Cc1c(CO)cnn1-c1ccc(Cl)c(C(F)(F)F)c1. The average molecular weight is 291 g/mol. The molecule has 1 aromatic carbocycles. The number of aliphatic hydroxyl groups excluding tert-OH is 1. The highest BCUT2D eigenvalue weighted by atomic mass is 35.5. The van der Waals surface area contributed by atoms with Gasteiger partial charge < -0.3 is 5.11 Å². The van der Waals surface area contributed by atoms with Crippen LogP contribution >= 0.6 is 11.6 Å². The molecule has 0 bridgehead atoms. The third-order valence-electron chi connectivity index (χ3n) is 2.78. The molecule has 0 unspecified atom stereocenters. The second-order valence-electron chi connectivity index (χ2n) is 3.99. The fourth-order valence-electron chi connectivity index (χ4n) is 1.72. The van der Waals surface area contributed by atoms with Gasteiger partial charge in [-0.15, -0.1) is 0 Å². The number of alkyl halides is 3. The summed E-state index contributed by atoms with van der Waals surface area (Å²) in [6, 6.07) is 3.56. The van der Waals surface area contributed by atoms with E-state index in [1.165, 1.54) is 23.0 Å². The minimum Gasteiger partial charge on any atom is -0.392 e. The molecule has 0 amide bonds. The van der Waals surface area contributed by atoms with Crippen LogP contribution < -0.4 is 0 Å². The van der Waals surface area contributed by atoms with E-state index in [4.69, 9.17) is 16.7 Å². The number of rotatable bonds is 2. The maximum absolute atomic E-state index is 12.8. The first kappa shape index (κ1) is 13.9. The van der Waals surface area contributed by atoms with Gasteiger partial charge in [0.1, 0.15) is 0 Å². The Balaban J connectivity index is 2.55. The van der Waals surface area contributed by atoms with Crippen molar-refractivity contribution in [1.29, 1.82) is 0 Å². The molecule has 0 radical (unpaired) electrons. The van der Waals surface area contributed by atoms with Gasteiger partial charge in [0, 0.05) is 11.3 Å². The standard InChI is InChI=1S/C12H10ClF3N2O/c1-7-8(6-19)5-17-18(7)9-2-3-11(13)10(4-9)12(14,15)16/h2-5,19H,6H2,1H3. The summed E-state index contributed by atoms with van der Waals surface area (Å²) >= 11 is 5.55. The Kier molecular flexibility index (Phi) is 3.56. The Hall–Kier alpha value is -1.53. The number of aromatic nitrogens is 2. The minimum absolute atomic E-state index is 0.217. The predicted octanol–water partition coefficient (Wildman–Crippen LogP) is 3.35. The Morgan fingerprint density at radius 3 is 2.58 bits per heavy atom. The first-order valence-electron chi connectivity index (χ1n) is 5.36. The molecule has 0 aliphatic carbocycles. The van der Waals surface area contributed by atoms with Gasteiger partial charge in [0.2, 0.25) is 0 Å². The Morgan fingerprint density at radius 1 is 1.37 bits per heavy atom. The first-order valence-corrected chi connectivity index (χ1v) is 5.74. The van der Waals surface area contributed by atoms with E-state index >= 15 is 0 Å². The summed E-state index contributed by atoms with van der Waals surface area (Å²) < 4.78 is 39.6. The molecule has 2 aromatic rings. The van der Waals surface area contributed by atoms with Crippen molar-refractivity contribution in [3.63, 3.8) is 0 Å². The van der Waals surface area contributed by atoms with Crippen molar-refractivity contribution >= 4 is 11.6 Å². The van der Waals surface area contributed by atoms with Crippen molar-refractivity contribution in [2.75, 3.05) is 0 Å². The monoisotopic (exact) mass is 290 g/mol. The summed E-state index contributed by atoms with van der Waals surface area (Å²) in [6.07, 6.45) is -3.11. The molecule has 0 aliphatic heterocycles. The van der Waals surface area contributed by atoms with E-state index in [0.717, 1.165) is 6.07 Å². The lowest BCUT2D eigenvalue weighted by molar-refractivity contribution is -0.137. The van der Waals surface area contributed by atoms with Gasteiger partial charge in [-0.05, 0) is 25.1 Å². The molecule has 1 heterocycles. The largest absolute Gasteiger partial charge is 0.417 e. The number of hydrogen-bond donors (Lipinski definition) is 1. The van der Waals surface area contributed by atoms with Gasteiger partial charge in [0.05, 0.1) is 29.1 Å². The van der Waals surface area contributed by atoms with Crippen LogP contribution in [0.4, 0.5) is 13.2 Å². The highest BCUT2D eigenvalue weighted by Gasteiger charge is 2.33. The van der Waals surface area contributed by atoms with Gasteiger partial charge >= 0.3 is 6.18 Å². The van der Waals surface area contributed by atoms with Gasteiger partial charge in [0.15, 0.2) is 0 Å². The second-order valence-corrected chi connectivity index (χ2v) is 4.39. The molecule has 0 saturated heterocycles. The lowest BCUT2D eigenvalue weighted by Gasteiger charge is -2.12. The van der Waals surface area contributed by atoms with Crippen LogP contribution in [0.3, 0.4) is 0 Å². The van der Waals surface area contributed by atoms with E-state index in [-0.39, 0.29) is 17.3 Å². The van der Waals surface area contributed by atoms with Gasteiger partial charge in [-0.3, -0.25) is 0 Å². The molecule has 0 atom stereocenters. The Bertz CT molecular complexity index is 608. The lowest BCUT2D eigenvalue weighted by Crippen LogP contribution is -2.08. The lowest BCUT2D eigenvalue weighted by atomic mass is 10.2. The molecule has 2 rings (SSSR count). The molecule has 1 N–H and O–H groups in total. The second kappa shape index (κ2) is 4.86. The van der Waals surface area contributed by atoms with Crippen molar-refractivity contribution < 1.29 is 18.3 Å². The summed E-state index contributed by atoms with van der Waals surface area (Å²) in [7, 11) is 0. The zero-order valence-corrected chi connectivity index (χ0v) is 10.6. The zero-order valence-electron chi connectivity index (χ0n) is 9.87. The Morgan fingerprint density at radius 2 is 2.05 bits per heavy atom. The molecule has 0 spiro atoms. The number of halogens is 4. The summed E-state index contributed by atoms with van der Waals surface area (Å²) in [6.45, 7) is 1.45. The fraction of sp³-hybridized carbons (Fsp3) is 0.250. The number of benzene rings is 1. The molecule has 7 heteroatoms. The predicted molar refractivity (Wildman–Crippen MR) is 64.2 cm³/mol. The van der Waals surface area contributed by atoms with E-state index in [1.807, 2.05) is 0 Å². The number of aliphatic hydroxyl groups is 1. The normalized spacial score (nSPS) is 11.9. The van der Waals surface area contributed by atoms with Crippen LogP contribution in [0.1, 0.15) is 16.8 Å². The minimum atomic E-state index is -4.52.